The highest BCUT2D eigenvalue weighted by Crippen LogP contribution is 2.45. The monoisotopic (exact) mass is 461 g/mol. The van der Waals surface area contributed by atoms with E-state index in [2.05, 4.69) is 10.3 Å². The maximum atomic E-state index is 13.1. The molecule has 0 aliphatic carbocycles. The van der Waals surface area contributed by atoms with E-state index >= 15 is 0 Å². The summed E-state index contributed by atoms with van der Waals surface area (Å²) in [6.07, 6.45) is 0.802. The first-order chi connectivity index (χ1) is 14.7. The van der Waals surface area contributed by atoms with Crippen LogP contribution in [0.2, 0.25) is 5.02 Å². The molecule has 0 fully saturated rings. The number of nitrogens with one attached hydrogen (secondary N) is 1. The van der Waals surface area contributed by atoms with Gasteiger partial charge in [-0.1, -0.05) is 42.4 Å². The number of benzene rings is 1. The number of thioether (sulfide) groups is 1. The average molecular weight is 462 g/mol. The number of nitrogens with zero attached hydrogens (tertiary/aromatic N) is 2. The summed E-state index contributed by atoms with van der Waals surface area (Å²) in [7, 11) is 0. The van der Waals surface area contributed by atoms with E-state index in [4.69, 9.17) is 16.3 Å². The molecule has 1 aromatic carbocycles. The highest BCUT2D eigenvalue weighted by atomic mass is 35.5. The molecule has 0 aromatic heterocycles. The number of amidine groups is 1. The fourth-order valence-electron chi connectivity index (χ4n) is 3.46. The number of allylic oxidation sites excluding steroid dienone is 1. The van der Waals surface area contributed by atoms with Crippen LogP contribution in [0.4, 0.5) is 0 Å². The zero-order valence-electron chi connectivity index (χ0n) is 18.4. The first-order valence-electron chi connectivity index (χ1n) is 10.4. The summed E-state index contributed by atoms with van der Waals surface area (Å²) in [5.74, 6) is -0.467. The van der Waals surface area contributed by atoms with Gasteiger partial charge in [0.25, 0.3) is 0 Å². The van der Waals surface area contributed by atoms with Gasteiger partial charge < -0.3 is 15.0 Å². The number of fused-ring (bicyclic) bond motifs is 1. The van der Waals surface area contributed by atoms with Crippen molar-refractivity contribution in [2.24, 2.45) is 4.99 Å². The minimum absolute atomic E-state index is 0.0603. The lowest BCUT2D eigenvalue weighted by Crippen LogP contribution is -2.39. The minimum Gasteiger partial charge on any atom is -0.459 e. The van der Waals surface area contributed by atoms with Gasteiger partial charge in [0.05, 0.1) is 29.8 Å². The van der Waals surface area contributed by atoms with Crippen LogP contribution < -0.4 is 5.32 Å². The highest BCUT2D eigenvalue weighted by Gasteiger charge is 2.41. The van der Waals surface area contributed by atoms with Crippen molar-refractivity contribution in [3.63, 3.8) is 0 Å². The predicted molar refractivity (Wildman–Crippen MR) is 126 cm³/mol. The van der Waals surface area contributed by atoms with E-state index in [0.717, 1.165) is 22.8 Å². The minimum atomic E-state index is -0.450. The zero-order chi connectivity index (χ0) is 22.7. The maximum absolute atomic E-state index is 13.1. The molecule has 8 heteroatoms. The molecule has 6 nitrogen and oxygen atoms in total. The molecular weight excluding hydrogens is 434 g/mol. The number of esters is 1. The molecule has 2 atom stereocenters. The van der Waals surface area contributed by atoms with E-state index in [1.165, 1.54) is 11.8 Å². The topological polar surface area (TPSA) is 71.0 Å². The number of amides is 1. The van der Waals surface area contributed by atoms with Crippen molar-refractivity contribution in [3.05, 3.63) is 57.2 Å². The van der Waals surface area contributed by atoms with Crippen LogP contribution in [0, 0.1) is 0 Å². The Labute approximate surface area is 192 Å². The summed E-state index contributed by atoms with van der Waals surface area (Å²) in [5, 5.41) is 6.29. The maximum Gasteiger partial charge on any atom is 0.338 e. The first kappa shape index (κ1) is 23.4. The second-order valence-electron chi connectivity index (χ2n) is 7.95. The van der Waals surface area contributed by atoms with Crippen molar-refractivity contribution in [2.45, 2.75) is 65.6 Å². The lowest BCUT2D eigenvalue weighted by Gasteiger charge is -2.36. The average Bonchev–Trinajstić information content (AvgIpc) is 3.08. The van der Waals surface area contributed by atoms with E-state index in [1.54, 1.807) is 12.1 Å². The van der Waals surface area contributed by atoms with Crippen LogP contribution in [0.15, 0.2) is 51.6 Å². The number of carbonyl (C=O) groups is 2. The number of halogens is 1. The number of hydrogen-bond acceptors (Lipinski definition) is 6. The zero-order valence-corrected chi connectivity index (χ0v) is 20.0. The van der Waals surface area contributed by atoms with Gasteiger partial charge in [-0.3, -0.25) is 4.79 Å². The van der Waals surface area contributed by atoms with Gasteiger partial charge >= 0.3 is 5.97 Å². The Balaban J connectivity index is 2.00. The van der Waals surface area contributed by atoms with Crippen LogP contribution in [0.25, 0.3) is 0 Å². The molecule has 1 amide bonds. The Kier molecular flexibility index (Phi) is 7.49. The van der Waals surface area contributed by atoms with E-state index in [0.29, 0.717) is 16.3 Å². The molecule has 0 spiro atoms. The van der Waals surface area contributed by atoms with Crippen molar-refractivity contribution < 1.29 is 14.3 Å². The van der Waals surface area contributed by atoms with E-state index < -0.39 is 12.0 Å². The molecular formula is C23H28ClN3O3S. The normalized spacial score (nSPS) is 19.1. The molecule has 0 saturated carbocycles. The van der Waals surface area contributed by atoms with Crippen LogP contribution >= 0.6 is 23.4 Å². The summed E-state index contributed by atoms with van der Waals surface area (Å²) >= 11 is 7.56. The largest absolute Gasteiger partial charge is 0.459 e. The van der Waals surface area contributed by atoms with E-state index in [9.17, 15) is 9.59 Å². The number of aliphatic imine (C=N–C) groups is 1. The third-order valence-corrected chi connectivity index (χ3v) is 6.25. The molecule has 31 heavy (non-hydrogen) atoms. The molecule has 0 unspecified atom stereocenters. The van der Waals surface area contributed by atoms with Crippen molar-refractivity contribution in [1.82, 2.24) is 10.2 Å². The summed E-state index contributed by atoms with van der Waals surface area (Å²) in [6.45, 7) is 9.46. The van der Waals surface area contributed by atoms with Crippen molar-refractivity contribution >= 4 is 40.4 Å². The summed E-state index contributed by atoms with van der Waals surface area (Å²) in [5.41, 5.74) is 2.76. The van der Waals surface area contributed by atoms with Crippen LogP contribution in [-0.2, 0) is 14.3 Å². The number of carbonyl (C=O) groups excluding carboxylic acids is 2. The molecule has 3 rings (SSSR count). The van der Waals surface area contributed by atoms with Gasteiger partial charge in [-0.2, -0.15) is 0 Å². The van der Waals surface area contributed by atoms with Crippen LogP contribution in [-0.4, -0.2) is 34.1 Å². The number of hydrogen-bond donors (Lipinski definition) is 1. The molecule has 0 bridgehead atoms. The van der Waals surface area contributed by atoms with E-state index in [-0.39, 0.29) is 24.5 Å². The number of ether oxygens (including phenoxy) is 1. The van der Waals surface area contributed by atoms with Gasteiger partial charge in [0.2, 0.25) is 5.91 Å². The van der Waals surface area contributed by atoms with Crippen LogP contribution in [0.1, 0.15) is 59.1 Å². The smallest absolute Gasteiger partial charge is 0.338 e. The fourth-order valence-corrected chi connectivity index (χ4v) is 4.55. The van der Waals surface area contributed by atoms with E-state index in [1.807, 2.05) is 57.1 Å². The molecule has 0 saturated heterocycles. The quantitative estimate of drug-likeness (QED) is 0.567. The Bertz CT molecular complexity index is 953. The lowest BCUT2D eigenvalue weighted by molar-refractivity contribution is -0.143. The van der Waals surface area contributed by atoms with Crippen LogP contribution in [0.5, 0.6) is 0 Å². The molecule has 1 N–H and O–H groups in total. The SMILES string of the molecule is CC[C@@H](C)NC(=O)CC1=CSC2=NC(C)=C(C(=O)OC(C)C)[C@@H](c3ccc(Cl)cc3)N12. The van der Waals surface area contributed by atoms with Gasteiger partial charge in [-0.25, -0.2) is 9.79 Å². The molecule has 166 valence electrons. The molecule has 0 radical (unpaired) electrons. The van der Waals surface area contributed by atoms with Crippen molar-refractivity contribution in [1.29, 1.82) is 0 Å². The molecule has 2 heterocycles. The van der Waals surface area contributed by atoms with Gasteiger partial charge in [0, 0.05) is 16.8 Å². The highest BCUT2D eigenvalue weighted by molar-refractivity contribution is 8.16. The van der Waals surface area contributed by atoms with Crippen LogP contribution in [0.3, 0.4) is 0 Å². The van der Waals surface area contributed by atoms with Gasteiger partial charge in [0.15, 0.2) is 5.17 Å². The summed E-state index contributed by atoms with van der Waals surface area (Å²) in [6, 6.07) is 7.03. The third-order valence-electron chi connectivity index (χ3n) is 5.11. The molecule has 1 aromatic rings. The standard InChI is InChI=1S/C23H28ClN3O3S/c1-6-14(4)25-19(28)11-18-12-31-23-26-15(5)20(22(29)30-13(2)3)21(27(18)23)16-7-9-17(24)10-8-16/h7-10,12-14,21H,6,11H2,1-5H3,(H,25,28)/t14-,21-/m1/s1. The molecule has 2 aliphatic heterocycles. The fraction of sp³-hybridized carbons (Fsp3) is 0.435. The molecule has 2 aliphatic rings. The number of rotatable bonds is 7. The predicted octanol–water partition coefficient (Wildman–Crippen LogP) is 5.17. The Morgan fingerprint density at radius 2 is 1.94 bits per heavy atom. The van der Waals surface area contributed by atoms with Crippen molar-refractivity contribution in [2.75, 3.05) is 0 Å². The Morgan fingerprint density at radius 1 is 1.26 bits per heavy atom. The first-order valence-corrected chi connectivity index (χ1v) is 11.7. The van der Waals surface area contributed by atoms with Crippen molar-refractivity contribution in [3.8, 4) is 0 Å². The lowest BCUT2D eigenvalue weighted by atomic mass is 9.94. The Morgan fingerprint density at radius 3 is 2.55 bits per heavy atom. The van der Waals surface area contributed by atoms with Gasteiger partial charge in [-0.15, -0.1) is 0 Å². The van der Waals surface area contributed by atoms with Gasteiger partial charge in [0.1, 0.15) is 0 Å². The second kappa shape index (κ2) is 9.92. The van der Waals surface area contributed by atoms with Gasteiger partial charge in [-0.05, 0) is 57.2 Å². The second-order valence-corrected chi connectivity index (χ2v) is 9.23. The summed E-state index contributed by atoms with van der Waals surface area (Å²) in [4.78, 5) is 32.3. The third kappa shape index (κ3) is 5.33. The Hall–Kier alpha value is -2.25. The summed E-state index contributed by atoms with van der Waals surface area (Å²) < 4.78 is 5.54.